The van der Waals surface area contributed by atoms with Gasteiger partial charge in [0.25, 0.3) is 5.91 Å². The lowest BCUT2D eigenvalue weighted by atomic mass is 10.2. The maximum Gasteiger partial charge on any atom is 0.257 e. The Morgan fingerprint density at radius 2 is 2.43 bits per heavy atom. The first-order chi connectivity index (χ1) is 6.58. The van der Waals surface area contributed by atoms with E-state index in [-0.39, 0.29) is 11.9 Å². The molecule has 0 aromatic carbocycles. The zero-order valence-electron chi connectivity index (χ0n) is 6.75. The molecular weight excluding hydrogens is 290 g/mol. The molecule has 2 heterocycles. The van der Waals surface area contributed by atoms with Crippen molar-refractivity contribution >= 4 is 50.7 Å². The molecule has 0 saturated carbocycles. The highest BCUT2D eigenvalue weighted by atomic mass is 79.9. The standard InChI is InChI=1S/C7H5BrClN3OS/c8-2-1-3(14-5(2)9)4-6(13)12-7(10)11-4/h1,4H,(H3,10,11,12,13). The van der Waals surface area contributed by atoms with Crippen LogP contribution in [0.25, 0.3) is 0 Å². The smallest absolute Gasteiger partial charge is 0.257 e. The highest BCUT2D eigenvalue weighted by Crippen LogP contribution is 2.37. The second-order valence-corrected chi connectivity index (χ2v) is 5.22. The third kappa shape index (κ3) is 1.65. The highest BCUT2D eigenvalue weighted by Gasteiger charge is 2.28. The van der Waals surface area contributed by atoms with Gasteiger partial charge in [0.2, 0.25) is 0 Å². The Morgan fingerprint density at radius 3 is 2.86 bits per heavy atom. The van der Waals surface area contributed by atoms with E-state index in [0.29, 0.717) is 4.34 Å². The lowest BCUT2D eigenvalue weighted by Gasteiger charge is -1.98. The molecule has 0 aliphatic carbocycles. The van der Waals surface area contributed by atoms with Crippen LogP contribution >= 0.6 is 38.9 Å². The van der Waals surface area contributed by atoms with Crippen molar-refractivity contribution in [2.45, 2.75) is 6.04 Å². The molecule has 7 heteroatoms. The topological polar surface area (TPSA) is 67.5 Å². The van der Waals surface area contributed by atoms with Crippen LogP contribution in [0.15, 0.2) is 15.5 Å². The summed E-state index contributed by atoms with van der Waals surface area (Å²) >= 11 is 10.4. The quantitative estimate of drug-likeness (QED) is 0.827. The van der Waals surface area contributed by atoms with Crippen LogP contribution < -0.4 is 11.1 Å². The van der Waals surface area contributed by atoms with E-state index in [0.717, 1.165) is 9.35 Å². The van der Waals surface area contributed by atoms with E-state index in [2.05, 4.69) is 26.2 Å². The minimum Gasteiger partial charge on any atom is -0.370 e. The fourth-order valence-electron chi connectivity index (χ4n) is 1.12. The van der Waals surface area contributed by atoms with Crippen LogP contribution in [0.4, 0.5) is 0 Å². The first-order valence-corrected chi connectivity index (χ1v) is 5.65. The van der Waals surface area contributed by atoms with Crippen molar-refractivity contribution < 1.29 is 4.79 Å². The molecule has 14 heavy (non-hydrogen) atoms. The number of carbonyl (C=O) groups is 1. The van der Waals surface area contributed by atoms with Crippen LogP contribution in [0.3, 0.4) is 0 Å². The molecule has 1 unspecified atom stereocenters. The molecule has 1 atom stereocenters. The predicted molar refractivity (Wildman–Crippen MR) is 59.5 cm³/mol. The molecule has 0 radical (unpaired) electrons. The summed E-state index contributed by atoms with van der Waals surface area (Å²) in [7, 11) is 0. The molecule has 0 bridgehead atoms. The Hall–Kier alpha value is -0.590. The molecule has 0 spiro atoms. The Bertz CT molecular complexity index is 411. The van der Waals surface area contributed by atoms with E-state index >= 15 is 0 Å². The van der Waals surface area contributed by atoms with Gasteiger partial charge in [-0.3, -0.25) is 10.1 Å². The molecule has 0 saturated heterocycles. The maximum absolute atomic E-state index is 11.3. The Labute approximate surface area is 97.3 Å². The number of rotatable bonds is 1. The summed E-state index contributed by atoms with van der Waals surface area (Å²) in [5, 5.41) is 2.43. The van der Waals surface area contributed by atoms with Crippen molar-refractivity contribution in [3.8, 4) is 0 Å². The first-order valence-electron chi connectivity index (χ1n) is 3.67. The van der Waals surface area contributed by atoms with Gasteiger partial charge in [0.1, 0.15) is 4.34 Å². The van der Waals surface area contributed by atoms with Gasteiger partial charge in [-0.05, 0) is 22.0 Å². The Balaban J connectivity index is 2.36. The van der Waals surface area contributed by atoms with Crippen molar-refractivity contribution in [1.82, 2.24) is 5.32 Å². The molecule has 74 valence electrons. The molecule has 1 aliphatic rings. The molecule has 1 aromatic rings. The molecule has 1 aliphatic heterocycles. The minimum absolute atomic E-state index is 0.153. The Kier molecular flexibility index (Phi) is 2.50. The minimum atomic E-state index is -0.552. The van der Waals surface area contributed by atoms with Gasteiger partial charge in [0, 0.05) is 9.35 Å². The van der Waals surface area contributed by atoms with Crippen LogP contribution in [0.1, 0.15) is 10.9 Å². The number of carbonyl (C=O) groups excluding carboxylic acids is 1. The van der Waals surface area contributed by atoms with Crippen LogP contribution in [0, 0.1) is 0 Å². The molecular formula is C7H5BrClN3OS. The van der Waals surface area contributed by atoms with Gasteiger partial charge >= 0.3 is 0 Å². The second kappa shape index (κ2) is 3.52. The van der Waals surface area contributed by atoms with Crippen LogP contribution in [-0.4, -0.2) is 11.9 Å². The lowest BCUT2D eigenvalue weighted by Crippen LogP contribution is -2.31. The lowest BCUT2D eigenvalue weighted by molar-refractivity contribution is -0.120. The number of aliphatic imine (C=N–C) groups is 1. The molecule has 2 rings (SSSR count). The molecule has 1 aromatic heterocycles. The summed E-state index contributed by atoms with van der Waals surface area (Å²) in [5.41, 5.74) is 5.38. The summed E-state index contributed by atoms with van der Waals surface area (Å²) in [4.78, 5) is 16.1. The van der Waals surface area contributed by atoms with E-state index in [1.807, 2.05) is 0 Å². The van der Waals surface area contributed by atoms with Crippen LogP contribution in [0.2, 0.25) is 4.34 Å². The summed E-state index contributed by atoms with van der Waals surface area (Å²) < 4.78 is 1.38. The Morgan fingerprint density at radius 1 is 1.71 bits per heavy atom. The summed E-state index contributed by atoms with van der Waals surface area (Å²) in [6, 6.07) is 1.23. The third-order valence-corrected chi connectivity index (χ3v) is 4.23. The zero-order valence-corrected chi connectivity index (χ0v) is 9.91. The SMILES string of the molecule is NC1=NC(c2cc(Br)c(Cl)s2)C(=O)N1. The number of nitrogens with zero attached hydrogens (tertiary/aromatic N) is 1. The van der Waals surface area contributed by atoms with Gasteiger partial charge < -0.3 is 5.73 Å². The number of nitrogens with one attached hydrogen (secondary N) is 1. The fraction of sp³-hybridized carbons (Fsp3) is 0.143. The molecule has 4 nitrogen and oxygen atoms in total. The largest absolute Gasteiger partial charge is 0.370 e. The molecule has 0 fully saturated rings. The molecule has 3 N–H and O–H groups in total. The van der Waals surface area contributed by atoms with Crippen molar-refractivity contribution in [3.05, 3.63) is 19.8 Å². The van der Waals surface area contributed by atoms with Gasteiger partial charge in [-0.15, -0.1) is 11.3 Å². The third-order valence-electron chi connectivity index (χ3n) is 1.70. The predicted octanol–water partition coefficient (Wildman–Crippen LogP) is 1.65. The number of hydrogen-bond donors (Lipinski definition) is 2. The van der Waals surface area contributed by atoms with Crippen LogP contribution in [-0.2, 0) is 4.79 Å². The summed E-state index contributed by atoms with van der Waals surface area (Å²) in [6.45, 7) is 0. The monoisotopic (exact) mass is 293 g/mol. The first kappa shape index (κ1) is 9.95. The number of halogens is 2. The van der Waals surface area contributed by atoms with E-state index in [4.69, 9.17) is 17.3 Å². The van der Waals surface area contributed by atoms with Gasteiger partial charge in [0.05, 0.1) is 0 Å². The fourth-order valence-corrected chi connectivity index (χ4v) is 2.89. The van der Waals surface area contributed by atoms with Gasteiger partial charge in [0.15, 0.2) is 12.0 Å². The van der Waals surface area contributed by atoms with E-state index < -0.39 is 6.04 Å². The van der Waals surface area contributed by atoms with Crippen LogP contribution in [0.5, 0.6) is 0 Å². The summed E-state index contributed by atoms with van der Waals surface area (Å²) in [5.74, 6) is -0.0615. The number of guanidine groups is 1. The van der Waals surface area contributed by atoms with Crippen molar-refractivity contribution in [1.29, 1.82) is 0 Å². The van der Waals surface area contributed by atoms with Gasteiger partial charge in [-0.25, -0.2) is 4.99 Å². The van der Waals surface area contributed by atoms with Crippen molar-refractivity contribution in [2.24, 2.45) is 10.7 Å². The van der Waals surface area contributed by atoms with E-state index in [1.54, 1.807) is 6.07 Å². The number of amides is 1. The number of hydrogen-bond acceptors (Lipinski definition) is 4. The second-order valence-electron chi connectivity index (χ2n) is 2.68. The van der Waals surface area contributed by atoms with E-state index in [9.17, 15) is 4.79 Å². The summed E-state index contributed by atoms with van der Waals surface area (Å²) in [6.07, 6.45) is 0. The van der Waals surface area contributed by atoms with E-state index in [1.165, 1.54) is 11.3 Å². The van der Waals surface area contributed by atoms with Gasteiger partial charge in [-0.2, -0.15) is 0 Å². The zero-order chi connectivity index (χ0) is 10.3. The number of thiophene rings is 1. The number of nitrogens with two attached hydrogens (primary N) is 1. The van der Waals surface area contributed by atoms with Crippen molar-refractivity contribution in [2.75, 3.05) is 0 Å². The van der Waals surface area contributed by atoms with Gasteiger partial charge in [-0.1, -0.05) is 11.6 Å². The van der Waals surface area contributed by atoms with Crippen molar-refractivity contribution in [3.63, 3.8) is 0 Å². The average molecular weight is 295 g/mol. The highest BCUT2D eigenvalue weighted by molar-refractivity contribution is 9.10. The molecule has 1 amide bonds. The average Bonchev–Trinajstić information content (AvgIpc) is 2.57. The normalized spacial score (nSPS) is 20.9. The maximum atomic E-state index is 11.3.